The molecule has 0 bridgehead atoms. The van der Waals surface area contributed by atoms with Gasteiger partial charge in [-0.2, -0.15) is 0 Å². The molecule has 1 aliphatic rings. The van der Waals surface area contributed by atoms with Gasteiger partial charge in [-0.3, -0.25) is 15.1 Å². The molecular weight excluding hydrogens is 202 g/mol. The third-order valence-electron chi connectivity index (χ3n) is 2.59. The topological polar surface area (TPSA) is 54.0 Å². The number of carbonyl (C=O) groups excluding carboxylic acids is 1. The van der Waals surface area contributed by atoms with Crippen molar-refractivity contribution in [3.05, 3.63) is 42.2 Å². The number of pyridine rings is 1. The van der Waals surface area contributed by atoms with Gasteiger partial charge in [0.15, 0.2) is 0 Å². The fourth-order valence-corrected chi connectivity index (χ4v) is 1.79. The largest absolute Gasteiger partial charge is 0.337 e. The number of rotatable bonds is 2. The van der Waals surface area contributed by atoms with Crippen molar-refractivity contribution in [2.24, 2.45) is 0 Å². The first-order valence-corrected chi connectivity index (χ1v) is 5.34. The lowest BCUT2D eigenvalue weighted by Gasteiger charge is -2.25. The highest BCUT2D eigenvalue weighted by Gasteiger charge is 2.16. The maximum atomic E-state index is 10.9. The molecule has 4 heteroatoms. The molecule has 1 aliphatic heterocycles. The molecule has 2 atom stereocenters. The highest BCUT2D eigenvalue weighted by Crippen LogP contribution is 2.18. The van der Waals surface area contributed by atoms with Gasteiger partial charge < -0.3 is 5.32 Å². The van der Waals surface area contributed by atoms with Crippen LogP contribution in [-0.4, -0.2) is 23.6 Å². The van der Waals surface area contributed by atoms with Gasteiger partial charge in [0.25, 0.3) is 0 Å². The van der Waals surface area contributed by atoms with Gasteiger partial charge in [0.1, 0.15) is 0 Å². The predicted molar refractivity (Wildman–Crippen MR) is 61.7 cm³/mol. The number of carbonyl (C=O) groups is 1. The Balaban J connectivity index is 2.00. The van der Waals surface area contributed by atoms with Crippen molar-refractivity contribution in [2.45, 2.75) is 19.0 Å². The molecule has 1 aromatic heterocycles. The van der Waals surface area contributed by atoms with Crippen LogP contribution in [0.4, 0.5) is 0 Å². The quantitative estimate of drug-likeness (QED) is 0.720. The molecule has 2 unspecified atom stereocenters. The Bertz CT molecular complexity index is 389. The van der Waals surface area contributed by atoms with Gasteiger partial charge in [0.2, 0.25) is 5.91 Å². The van der Waals surface area contributed by atoms with Crippen molar-refractivity contribution in [2.75, 3.05) is 6.54 Å². The number of aromatic nitrogens is 1. The van der Waals surface area contributed by atoms with Crippen LogP contribution in [-0.2, 0) is 4.79 Å². The van der Waals surface area contributed by atoms with Crippen molar-refractivity contribution >= 4 is 5.91 Å². The standard InChI is InChI=1S/C12H15N3O/c1-9(16)15-12-3-2-11(8-14-12)10-4-6-13-7-5-10/h2-7,11-12,14H,8H2,1H3,(H,15,16). The Morgan fingerprint density at radius 1 is 1.44 bits per heavy atom. The summed E-state index contributed by atoms with van der Waals surface area (Å²) in [7, 11) is 0. The normalized spacial score (nSPS) is 24.1. The lowest BCUT2D eigenvalue weighted by atomic mass is 9.97. The van der Waals surface area contributed by atoms with Crippen LogP contribution in [0.25, 0.3) is 0 Å². The average Bonchev–Trinajstić information content (AvgIpc) is 2.30. The molecule has 0 saturated carbocycles. The van der Waals surface area contributed by atoms with E-state index in [1.807, 2.05) is 18.2 Å². The molecule has 4 nitrogen and oxygen atoms in total. The zero-order valence-corrected chi connectivity index (χ0v) is 9.18. The molecule has 1 amide bonds. The van der Waals surface area contributed by atoms with Crippen LogP contribution in [0.3, 0.4) is 0 Å². The number of hydrogen-bond donors (Lipinski definition) is 2. The molecule has 0 aromatic carbocycles. The minimum absolute atomic E-state index is 0.0236. The van der Waals surface area contributed by atoms with E-state index < -0.39 is 0 Å². The molecule has 0 spiro atoms. The van der Waals surface area contributed by atoms with Gasteiger partial charge in [-0.25, -0.2) is 0 Å². The highest BCUT2D eigenvalue weighted by atomic mass is 16.1. The fraction of sp³-hybridized carbons (Fsp3) is 0.333. The van der Waals surface area contributed by atoms with E-state index in [0.29, 0.717) is 5.92 Å². The van der Waals surface area contributed by atoms with Crippen LogP contribution in [0.2, 0.25) is 0 Å². The molecule has 16 heavy (non-hydrogen) atoms. The molecule has 0 aliphatic carbocycles. The van der Waals surface area contributed by atoms with Gasteiger partial charge in [-0.05, 0) is 17.7 Å². The van der Waals surface area contributed by atoms with Crippen molar-refractivity contribution in [1.29, 1.82) is 0 Å². The van der Waals surface area contributed by atoms with E-state index in [1.54, 1.807) is 12.4 Å². The Kier molecular flexibility index (Phi) is 3.31. The molecule has 0 radical (unpaired) electrons. The minimum Gasteiger partial charge on any atom is -0.337 e. The first-order chi connectivity index (χ1) is 7.75. The zero-order chi connectivity index (χ0) is 11.4. The minimum atomic E-state index is -0.0458. The van der Waals surface area contributed by atoms with E-state index in [4.69, 9.17) is 0 Å². The molecule has 2 N–H and O–H groups in total. The Labute approximate surface area is 94.8 Å². The third-order valence-corrected chi connectivity index (χ3v) is 2.59. The van der Waals surface area contributed by atoms with Crippen LogP contribution in [0, 0.1) is 0 Å². The second-order valence-corrected chi connectivity index (χ2v) is 3.86. The number of nitrogens with one attached hydrogen (secondary N) is 2. The summed E-state index contributed by atoms with van der Waals surface area (Å²) in [6.45, 7) is 2.34. The van der Waals surface area contributed by atoms with Gasteiger partial charge >= 0.3 is 0 Å². The van der Waals surface area contributed by atoms with E-state index in [1.165, 1.54) is 12.5 Å². The van der Waals surface area contributed by atoms with Gasteiger partial charge in [0, 0.05) is 31.8 Å². The summed E-state index contributed by atoms with van der Waals surface area (Å²) in [5.74, 6) is 0.331. The SMILES string of the molecule is CC(=O)NC1C=CC(c2ccncc2)CN1. The molecule has 0 fully saturated rings. The summed E-state index contributed by atoms with van der Waals surface area (Å²) < 4.78 is 0. The van der Waals surface area contributed by atoms with Gasteiger partial charge in [-0.15, -0.1) is 0 Å². The Morgan fingerprint density at radius 3 is 2.75 bits per heavy atom. The van der Waals surface area contributed by atoms with Gasteiger partial charge in [0.05, 0.1) is 6.17 Å². The van der Waals surface area contributed by atoms with Crippen LogP contribution in [0.1, 0.15) is 18.4 Å². The van der Waals surface area contributed by atoms with E-state index >= 15 is 0 Å². The second-order valence-electron chi connectivity index (χ2n) is 3.86. The van der Waals surface area contributed by atoms with Gasteiger partial charge in [-0.1, -0.05) is 12.2 Å². The smallest absolute Gasteiger partial charge is 0.218 e. The number of hydrogen-bond acceptors (Lipinski definition) is 3. The molecule has 0 saturated heterocycles. The third kappa shape index (κ3) is 2.67. The summed E-state index contributed by atoms with van der Waals surface area (Å²) in [5.41, 5.74) is 1.24. The zero-order valence-electron chi connectivity index (χ0n) is 9.18. The Hall–Kier alpha value is -1.68. The molecular formula is C12H15N3O. The maximum Gasteiger partial charge on any atom is 0.218 e. The Morgan fingerprint density at radius 2 is 2.19 bits per heavy atom. The molecule has 84 valence electrons. The van der Waals surface area contributed by atoms with E-state index in [2.05, 4.69) is 21.7 Å². The lowest BCUT2D eigenvalue weighted by Crippen LogP contribution is -2.46. The second kappa shape index (κ2) is 4.90. The van der Waals surface area contributed by atoms with Crippen LogP contribution in [0.5, 0.6) is 0 Å². The fourth-order valence-electron chi connectivity index (χ4n) is 1.79. The van der Waals surface area contributed by atoms with Crippen LogP contribution < -0.4 is 10.6 Å². The lowest BCUT2D eigenvalue weighted by molar-refractivity contribution is -0.119. The van der Waals surface area contributed by atoms with Crippen molar-refractivity contribution in [1.82, 2.24) is 15.6 Å². The number of nitrogens with zero attached hydrogens (tertiary/aromatic N) is 1. The highest BCUT2D eigenvalue weighted by molar-refractivity contribution is 5.73. The summed E-state index contributed by atoms with van der Waals surface area (Å²) in [6, 6.07) is 4.02. The van der Waals surface area contributed by atoms with Crippen LogP contribution in [0.15, 0.2) is 36.7 Å². The summed E-state index contributed by atoms with van der Waals surface area (Å²) in [4.78, 5) is 14.9. The average molecular weight is 217 g/mol. The number of amides is 1. The summed E-state index contributed by atoms with van der Waals surface area (Å²) >= 11 is 0. The van der Waals surface area contributed by atoms with Crippen molar-refractivity contribution < 1.29 is 4.79 Å². The van der Waals surface area contributed by atoms with E-state index in [-0.39, 0.29) is 12.1 Å². The predicted octanol–water partition coefficient (Wildman–Crippen LogP) is 0.787. The van der Waals surface area contributed by atoms with Crippen molar-refractivity contribution in [3.63, 3.8) is 0 Å². The molecule has 2 rings (SSSR count). The van der Waals surface area contributed by atoms with E-state index in [9.17, 15) is 4.79 Å². The van der Waals surface area contributed by atoms with Crippen molar-refractivity contribution in [3.8, 4) is 0 Å². The first-order valence-electron chi connectivity index (χ1n) is 5.34. The maximum absolute atomic E-state index is 10.9. The van der Waals surface area contributed by atoms with Crippen LogP contribution >= 0.6 is 0 Å². The first kappa shape index (κ1) is 10.8. The summed E-state index contributed by atoms with van der Waals surface area (Å²) in [5, 5.41) is 6.06. The summed E-state index contributed by atoms with van der Waals surface area (Å²) in [6.07, 6.45) is 7.64. The monoisotopic (exact) mass is 217 g/mol. The molecule has 2 heterocycles. The van der Waals surface area contributed by atoms with E-state index in [0.717, 1.165) is 6.54 Å². The molecule has 1 aromatic rings.